The third kappa shape index (κ3) is 2.60. The van der Waals surface area contributed by atoms with Gasteiger partial charge in [0.1, 0.15) is 12.1 Å². The smallest absolute Gasteiger partial charge is 0.326 e. The minimum atomic E-state index is -0.966. The van der Waals surface area contributed by atoms with Crippen LogP contribution in [0.4, 0.5) is 4.79 Å². The summed E-state index contributed by atoms with van der Waals surface area (Å²) < 4.78 is 0. The van der Waals surface area contributed by atoms with E-state index in [0.717, 1.165) is 18.2 Å². The summed E-state index contributed by atoms with van der Waals surface area (Å²) in [7, 11) is 0. The molecule has 0 aromatic carbocycles. The highest BCUT2D eigenvalue weighted by atomic mass is 32.2. The molecular formula is C11H16N2O4S. The van der Waals surface area contributed by atoms with Gasteiger partial charge in [0.05, 0.1) is 0 Å². The first kappa shape index (κ1) is 13.2. The van der Waals surface area contributed by atoms with E-state index in [0.29, 0.717) is 24.6 Å². The van der Waals surface area contributed by atoms with E-state index in [1.54, 1.807) is 0 Å². The Morgan fingerprint density at radius 2 is 2.22 bits per heavy atom. The van der Waals surface area contributed by atoms with E-state index < -0.39 is 18.1 Å². The number of rotatable bonds is 2. The lowest BCUT2D eigenvalue weighted by atomic mass is 9.92. The van der Waals surface area contributed by atoms with Gasteiger partial charge in [-0.2, -0.15) is 0 Å². The van der Waals surface area contributed by atoms with Crippen molar-refractivity contribution in [3.05, 3.63) is 0 Å². The van der Waals surface area contributed by atoms with Gasteiger partial charge in [0.15, 0.2) is 0 Å². The van der Waals surface area contributed by atoms with E-state index in [9.17, 15) is 19.5 Å². The van der Waals surface area contributed by atoms with Crippen LogP contribution in [-0.2, 0) is 9.59 Å². The minimum Gasteiger partial charge on any atom is -0.480 e. The van der Waals surface area contributed by atoms with Crippen LogP contribution >= 0.6 is 11.8 Å². The highest BCUT2D eigenvalue weighted by Crippen LogP contribution is 2.25. The number of hydrogen-bond acceptors (Lipinski definition) is 4. The van der Waals surface area contributed by atoms with Crippen molar-refractivity contribution >= 4 is 28.9 Å². The number of likely N-dealkylation sites (tertiary alicyclic amines) is 1. The quantitative estimate of drug-likeness (QED) is 0.765. The molecule has 3 unspecified atom stereocenters. The molecule has 0 saturated carbocycles. The van der Waals surface area contributed by atoms with Crippen molar-refractivity contribution in [1.29, 1.82) is 0 Å². The minimum absolute atomic E-state index is 0.217. The second-order valence-electron chi connectivity index (χ2n) is 4.81. The van der Waals surface area contributed by atoms with Crippen molar-refractivity contribution in [1.82, 2.24) is 10.2 Å². The number of piperidine rings is 1. The molecule has 2 amide bonds. The highest BCUT2D eigenvalue weighted by Gasteiger charge is 2.39. The zero-order chi connectivity index (χ0) is 13.3. The van der Waals surface area contributed by atoms with E-state index in [-0.39, 0.29) is 11.1 Å². The number of carbonyl (C=O) groups excluding carboxylic acids is 2. The van der Waals surface area contributed by atoms with Crippen LogP contribution in [0.1, 0.15) is 19.8 Å². The number of carboxylic acids is 1. The predicted molar refractivity (Wildman–Crippen MR) is 66.3 cm³/mol. The van der Waals surface area contributed by atoms with Crippen molar-refractivity contribution in [3.63, 3.8) is 0 Å². The van der Waals surface area contributed by atoms with Crippen molar-refractivity contribution in [2.45, 2.75) is 31.8 Å². The van der Waals surface area contributed by atoms with E-state index >= 15 is 0 Å². The molecule has 0 aliphatic carbocycles. The average Bonchev–Trinajstić information content (AvgIpc) is 2.75. The zero-order valence-corrected chi connectivity index (χ0v) is 10.9. The fourth-order valence-corrected chi connectivity index (χ4v) is 3.13. The van der Waals surface area contributed by atoms with Gasteiger partial charge in [0, 0.05) is 12.3 Å². The summed E-state index contributed by atoms with van der Waals surface area (Å²) >= 11 is 1.06. The number of hydrogen-bond donors (Lipinski definition) is 2. The maximum Gasteiger partial charge on any atom is 0.326 e. The molecule has 0 aromatic rings. The van der Waals surface area contributed by atoms with Gasteiger partial charge in [-0.05, 0) is 18.8 Å². The Morgan fingerprint density at radius 3 is 2.78 bits per heavy atom. The van der Waals surface area contributed by atoms with Gasteiger partial charge in [-0.25, -0.2) is 4.79 Å². The molecule has 0 aromatic heterocycles. The molecule has 0 spiro atoms. The molecular weight excluding hydrogens is 256 g/mol. The molecule has 18 heavy (non-hydrogen) atoms. The number of thioether (sulfide) groups is 1. The third-order valence-electron chi connectivity index (χ3n) is 3.40. The van der Waals surface area contributed by atoms with Crippen LogP contribution < -0.4 is 5.32 Å². The monoisotopic (exact) mass is 272 g/mol. The zero-order valence-electron chi connectivity index (χ0n) is 10.1. The van der Waals surface area contributed by atoms with Crippen LogP contribution in [0, 0.1) is 5.92 Å². The number of aliphatic carboxylic acids is 1. The highest BCUT2D eigenvalue weighted by molar-refractivity contribution is 8.14. The number of nitrogens with zero attached hydrogens (tertiary/aromatic N) is 1. The Balaban J connectivity index is 2.07. The molecule has 3 atom stereocenters. The SMILES string of the molecule is CC1CCN(C(=O)C2CSC(=O)N2)C(C(=O)O)C1. The molecule has 0 radical (unpaired) electrons. The van der Waals surface area contributed by atoms with Crippen LogP contribution in [0.2, 0.25) is 0 Å². The summed E-state index contributed by atoms with van der Waals surface area (Å²) in [6.07, 6.45) is 1.29. The predicted octanol–water partition coefficient (Wildman–Crippen LogP) is 0.523. The van der Waals surface area contributed by atoms with Gasteiger partial charge in [0.25, 0.3) is 5.24 Å². The van der Waals surface area contributed by atoms with E-state index in [2.05, 4.69) is 5.32 Å². The first-order valence-corrected chi connectivity index (χ1v) is 6.94. The Morgan fingerprint density at radius 1 is 1.50 bits per heavy atom. The van der Waals surface area contributed by atoms with Gasteiger partial charge < -0.3 is 15.3 Å². The molecule has 2 aliphatic heterocycles. The maximum absolute atomic E-state index is 12.2. The number of amides is 2. The number of carbonyl (C=O) groups is 3. The second-order valence-corrected chi connectivity index (χ2v) is 5.80. The molecule has 6 nitrogen and oxygen atoms in total. The van der Waals surface area contributed by atoms with E-state index in [1.807, 2.05) is 6.92 Å². The lowest BCUT2D eigenvalue weighted by Crippen LogP contribution is -2.55. The number of carboxylic acid groups (broad SMARTS) is 1. The Hall–Kier alpha value is -1.24. The summed E-state index contributed by atoms with van der Waals surface area (Å²) in [5, 5.41) is 11.5. The third-order valence-corrected chi connectivity index (χ3v) is 4.28. The van der Waals surface area contributed by atoms with Crippen molar-refractivity contribution in [2.75, 3.05) is 12.3 Å². The molecule has 2 rings (SSSR count). The van der Waals surface area contributed by atoms with Gasteiger partial charge in [-0.15, -0.1) is 0 Å². The first-order chi connectivity index (χ1) is 8.49. The standard InChI is InChI=1S/C11H16N2O4S/c1-6-2-3-13(8(4-6)10(15)16)9(14)7-5-18-11(17)12-7/h6-8H,2-5H2,1H3,(H,12,17)(H,15,16). The van der Waals surface area contributed by atoms with Crippen molar-refractivity contribution in [2.24, 2.45) is 5.92 Å². The van der Waals surface area contributed by atoms with Crippen LogP contribution in [0.5, 0.6) is 0 Å². The Bertz CT molecular complexity index is 387. The Labute approximate surface area is 109 Å². The number of nitrogens with one attached hydrogen (secondary N) is 1. The van der Waals surface area contributed by atoms with Crippen LogP contribution in [0.3, 0.4) is 0 Å². The molecule has 2 saturated heterocycles. The molecule has 2 heterocycles. The average molecular weight is 272 g/mol. The van der Waals surface area contributed by atoms with Gasteiger partial charge in [-0.1, -0.05) is 18.7 Å². The summed E-state index contributed by atoms with van der Waals surface area (Å²) in [5.41, 5.74) is 0. The molecule has 2 N–H and O–H groups in total. The fraction of sp³-hybridized carbons (Fsp3) is 0.727. The van der Waals surface area contributed by atoms with Crippen molar-refractivity contribution < 1.29 is 19.5 Å². The molecule has 0 bridgehead atoms. The van der Waals surface area contributed by atoms with Crippen LogP contribution in [0.25, 0.3) is 0 Å². The molecule has 100 valence electrons. The Kier molecular flexibility index (Phi) is 3.79. The molecule has 2 aliphatic rings. The maximum atomic E-state index is 12.2. The first-order valence-electron chi connectivity index (χ1n) is 5.95. The second kappa shape index (κ2) is 5.17. The largest absolute Gasteiger partial charge is 0.480 e. The van der Waals surface area contributed by atoms with E-state index in [1.165, 1.54) is 4.90 Å². The van der Waals surface area contributed by atoms with Gasteiger partial charge >= 0.3 is 5.97 Å². The fourth-order valence-electron chi connectivity index (χ4n) is 2.36. The summed E-state index contributed by atoms with van der Waals surface area (Å²) in [6.45, 7) is 2.44. The normalized spacial score (nSPS) is 32.2. The lowest BCUT2D eigenvalue weighted by Gasteiger charge is -2.37. The molecule has 7 heteroatoms. The van der Waals surface area contributed by atoms with Crippen LogP contribution in [-0.4, -0.2) is 51.5 Å². The topological polar surface area (TPSA) is 86.7 Å². The van der Waals surface area contributed by atoms with Crippen LogP contribution in [0.15, 0.2) is 0 Å². The summed E-state index contributed by atoms with van der Waals surface area (Å²) in [5.74, 6) is -0.544. The molecule has 2 fully saturated rings. The van der Waals surface area contributed by atoms with Gasteiger partial charge in [0.2, 0.25) is 5.91 Å². The van der Waals surface area contributed by atoms with Crippen molar-refractivity contribution in [3.8, 4) is 0 Å². The summed E-state index contributed by atoms with van der Waals surface area (Å²) in [4.78, 5) is 35.9. The van der Waals surface area contributed by atoms with E-state index in [4.69, 9.17) is 0 Å². The lowest BCUT2D eigenvalue weighted by molar-refractivity contribution is -0.153. The summed E-state index contributed by atoms with van der Waals surface area (Å²) in [6, 6.07) is -1.33. The van der Waals surface area contributed by atoms with Gasteiger partial charge in [-0.3, -0.25) is 9.59 Å².